The van der Waals surface area contributed by atoms with Crippen molar-refractivity contribution >= 4 is 16.0 Å². The van der Waals surface area contributed by atoms with E-state index in [1.165, 1.54) is 0 Å². The number of amides is 1. The van der Waals surface area contributed by atoms with Crippen LogP contribution >= 0.6 is 0 Å². The third-order valence-electron chi connectivity index (χ3n) is 6.11. The summed E-state index contributed by atoms with van der Waals surface area (Å²) in [7, 11) is -3.82. The van der Waals surface area contributed by atoms with Gasteiger partial charge in [0.05, 0.1) is 11.0 Å². The van der Waals surface area contributed by atoms with E-state index in [0.29, 0.717) is 6.42 Å². The van der Waals surface area contributed by atoms with Crippen molar-refractivity contribution in [2.24, 2.45) is 5.92 Å². The number of rotatable bonds is 6. The van der Waals surface area contributed by atoms with E-state index in [4.69, 9.17) is 4.18 Å². The normalized spacial score (nSPS) is 28.9. The number of benzene rings is 1. The second kappa shape index (κ2) is 8.31. The summed E-state index contributed by atoms with van der Waals surface area (Å²) < 4.78 is 31.5. The largest absolute Gasteiger partial charge is 0.350 e. The van der Waals surface area contributed by atoms with Crippen LogP contribution in [0.5, 0.6) is 0 Å². The van der Waals surface area contributed by atoms with Gasteiger partial charge in [0.25, 0.3) is 10.1 Å². The van der Waals surface area contributed by atoms with Gasteiger partial charge in [-0.2, -0.15) is 8.42 Å². The molecule has 1 aromatic carbocycles. The summed E-state index contributed by atoms with van der Waals surface area (Å²) in [5.74, 6) is 0.125. The predicted molar refractivity (Wildman–Crippen MR) is 105 cm³/mol. The van der Waals surface area contributed by atoms with Crippen molar-refractivity contribution in [1.82, 2.24) is 5.32 Å². The predicted octanol–water partition coefficient (Wildman–Crippen LogP) is 4.10. The molecule has 0 radical (unpaired) electrons. The average molecular weight is 394 g/mol. The first kappa shape index (κ1) is 20.3. The van der Waals surface area contributed by atoms with Gasteiger partial charge in [-0.1, -0.05) is 37.5 Å². The Labute approximate surface area is 163 Å². The molecule has 1 saturated heterocycles. The molecular formula is C21H31NO4S. The van der Waals surface area contributed by atoms with Gasteiger partial charge in [0.1, 0.15) is 0 Å². The highest BCUT2D eigenvalue weighted by molar-refractivity contribution is 7.86. The Bertz CT molecular complexity index is 755. The van der Waals surface area contributed by atoms with Gasteiger partial charge in [0, 0.05) is 17.9 Å². The molecule has 1 saturated carbocycles. The standard InChI is InChI=1S/C21H31NO4S/c1-3-4-7-18-19(8-5-14-21(18)15-6-9-20(23)22-21)26-27(24,25)17-12-10-16(2)11-13-17/h10-13,18-19H,3-9,14-15H2,1-2H3,(H,22,23). The number of carbonyl (C=O) groups excluding carboxylic acids is 1. The summed E-state index contributed by atoms with van der Waals surface area (Å²) >= 11 is 0. The van der Waals surface area contributed by atoms with E-state index in [1.54, 1.807) is 24.3 Å². The van der Waals surface area contributed by atoms with Crippen LogP contribution in [0.4, 0.5) is 0 Å². The fourth-order valence-corrected chi connectivity index (χ4v) is 5.85. The monoisotopic (exact) mass is 393 g/mol. The van der Waals surface area contributed by atoms with Crippen LogP contribution in [0.3, 0.4) is 0 Å². The van der Waals surface area contributed by atoms with Crippen molar-refractivity contribution in [1.29, 1.82) is 0 Å². The third kappa shape index (κ3) is 4.54. The lowest BCUT2D eigenvalue weighted by Crippen LogP contribution is -2.61. The molecule has 1 aliphatic heterocycles. The summed E-state index contributed by atoms with van der Waals surface area (Å²) in [6, 6.07) is 6.78. The summed E-state index contributed by atoms with van der Waals surface area (Å²) in [5, 5.41) is 3.24. The van der Waals surface area contributed by atoms with E-state index >= 15 is 0 Å². The van der Waals surface area contributed by atoms with Gasteiger partial charge >= 0.3 is 0 Å². The number of piperidine rings is 1. The van der Waals surface area contributed by atoms with E-state index in [1.807, 2.05) is 6.92 Å². The zero-order valence-electron chi connectivity index (χ0n) is 16.4. The zero-order chi connectivity index (χ0) is 19.5. The average Bonchev–Trinajstić information content (AvgIpc) is 2.61. The second-order valence-electron chi connectivity index (χ2n) is 8.10. The van der Waals surface area contributed by atoms with Gasteiger partial charge < -0.3 is 5.32 Å². The fourth-order valence-electron chi connectivity index (χ4n) is 4.72. The summed E-state index contributed by atoms with van der Waals surface area (Å²) in [6.45, 7) is 4.06. The molecule has 1 heterocycles. The Morgan fingerprint density at radius 2 is 1.89 bits per heavy atom. The SMILES string of the molecule is CCCCC1C(OS(=O)(=O)c2ccc(C)cc2)CCCC12CCCC(=O)N2. The van der Waals surface area contributed by atoms with Gasteiger partial charge in [-0.05, 0) is 57.6 Å². The maximum atomic E-state index is 12.9. The maximum absolute atomic E-state index is 12.9. The van der Waals surface area contributed by atoms with Crippen LogP contribution in [0.15, 0.2) is 29.2 Å². The summed E-state index contributed by atoms with van der Waals surface area (Å²) in [6.07, 6.45) is 7.40. The quantitative estimate of drug-likeness (QED) is 0.739. The molecular weight excluding hydrogens is 362 g/mol. The van der Waals surface area contributed by atoms with Gasteiger partial charge in [-0.15, -0.1) is 0 Å². The fraction of sp³-hybridized carbons (Fsp3) is 0.667. The first-order chi connectivity index (χ1) is 12.9. The van der Waals surface area contributed by atoms with Crippen LogP contribution < -0.4 is 5.32 Å². The molecule has 27 heavy (non-hydrogen) atoms. The van der Waals surface area contributed by atoms with Gasteiger partial charge in [-0.25, -0.2) is 0 Å². The molecule has 3 atom stereocenters. The van der Waals surface area contributed by atoms with Crippen molar-refractivity contribution in [3.63, 3.8) is 0 Å². The van der Waals surface area contributed by atoms with Crippen molar-refractivity contribution in [3.8, 4) is 0 Å². The van der Waals surface area contributed by atoms with Gasteiger partial charge in [0.15, 0.2) is 0 Å². The molecule has 2 aliphatic rings. The van der Waals surface area contributed by atoms with E-state index < -0.39 is 10.1 Å². The van der Waals surface area contributed by atoms with Crippen molar-refractivity contribution in [2.75, 3.05) is 0 Å². The van der Waals surface area contributed by atoms with Crippen molar-refractivity contribution in [3.05, 3.63) is 29.8 Å². The van der Waals surface area contributed by atoms with Crippen LogP contribution in [0.1, 0.15) is 70.3 Å². The Hall–Kier alpha value is -1.40. The van der Waals surface area contributed by atoms with Gasteiger partial charge in [-0.3, -0.25) is 8.98 Å². The van der Waals surface area contributed by atoms with Crippen LogP contribution in [-0.4, -0.2) is 26.0 Å². The van der Waals surface area contributed by atoms with Gasteiger partial charge in [0.2, 0.25) is 5.91 Å². The minimum absolute atomic E-state index is 0.0377. The lowest BCUT2D eigenvalue weighted by atomic mass is 9.65. The highest BCUT2D eigenvalue weighted by Crippen LogP contribution is 2.44. The second-order valence-corrected chi connectivity index (χ2v) is 9.67. The van der Waals surface area contributed by atoms with Crippen LogP contribution in [0, 0.1) is 12.8 Å². The highest BCUT2D eigenvalue weighted by atomic mass is 32.2. The minimum atomic E-state index is -3.82. The zero-order valence-corrected chi connectivity index (χ0v) is 17.2. The lowest BCUT2D eigenvalue weighted by molar-refractivity contribution is -0.128. The number of hydrogen-bond acceptors (Lipinski definition) is 4. The third-order valence-corrected chi connectivity index (χ3v) is 7.46. The molecule has 150 valence electrons. The molecule has 2 fully saturated rings. The lowest BCUT2D eigenvalue weighted by Gasteiger charge is -2.50. The highest BCUT2D eigenvalue weighted by Gasteiger charge is 2.48. The maximum Gasteiger partial charge on any atom is 0.297 e. The molecule has 0 bridgehead atoms. The van der Waals surface area contributed by atoms with E-state index in [9.17, 15) is 13.2 Å². The summed E-state index contributed by atoms with van der Waals surface area (Å²) in [4.78, 5) is 12.3. The Kier molecular flexibility index (Phi) is 6.26. The van der Waals surface area contributed by atoms with Crippen molar-refractivity contribution in [2.45, 2.75) is 88.2 Å². The number of unbranched alkanes of at least 4 members (excludes halogenated alkanes) is 1. The van der Waals surface area contributed by atoms with Crippen LogP contribution in [0.25, 0.3) is 0 Å². The molecule has 1 aliphatic carbocycles. The van der Waals surface area contributed by atoms with Crippen LogP contribution in [-0.2, 0) is 19.1 Å². The molecule has 6 heteroatoms. The summed E-state index contributed by atoms with van der Waals surface area (Å²) in [5.41, 5.74) is 0.701. The molecule has 1 N–H and O–H groups in total. The van der Waals surface area contributed by atoms with E-state index in [2.05, 4.69) is 12.2 Å². The molecule has 3 unspecified atom stereocenters. The molecule has 0 aromatic heterocycles. The Morgan fingerprint density at radius 3 is 2.56 bits per heavy atom. The molecule has 1 spiro atoms. The molecule has 3 rings (SSSR count). The number of nitrogens with one attached hydrogen (secondary N) is 1. The van der Waals surface area contributed by atoms with E-state index in [0.717, 1.165) is 56.9 Å². The first-order valence-corrected chi connectivity index (χ1v) is 11.6. The number of aryl methyl sites for hydroxylation is 1. The molecule has 1 amide bonds. The molecule has 1 aromatic rings. The van der Waals surface area contributed by atoms with Crippen LogP contribution in [0.2, 0.25) is 0 Å². The number of hydrogen-bond donors (Lipinski definition) is 1. The van der Waals surface area contributed by atoms with Crippen molar-refractivity contribution < 1.29 is 17.4 Å². The Balaban J connectivity index is 1.85. The topological polar surface area (TPSA) is 72.5 Å². The minimum Gasteiger partial charge on any atom is -0.350 e. The Morgan fingerprint density at radius 1 is 1.19 bits per heavy atom. The van der Waals surface area contributed by atoms with E-state index in [-0.39, 0.29) is 28.4 Å². The number of carbonyl (C=O) groups is 1. The first-order valence-electron chi connectivity index (χ1n) is 10.2. The molecule has 5 nitrogen and oxygen atoms in total. The smallest absolute Gasteiger partial charge is 0.297 e.